The van der Waals surface area contributed by atoms with Crippen LogP contribution in [-0.4, -0.2) is 65.9 Å². The van der Waals surface area contributed by atoms with Gasteiger partial charge in [-0.25, -0.2) is 0 Å². The normalized spacial score (nSPS) is 22.5. The Morgan fingerprint density at radius 1 is 1.00 bits per heavy atom. The number of piperazine rings is 1. The molecule has 3 aliphatic rings. The number of rotatable bonds is 4. The zero-order valence-corrected chi connectivity index (χ0v) is 19.4. The Labute approximate surface area is 198 Å². The number of para-hydroxylation sites is 1. The van der Waals surface area contributed by atoms with E-state index in [0.717, 1.165) is 18.8 Å². The molecule has 3 amide bonds. The van der Waals surface area contributed by atoms with Crippen LogP contribution in [0.15, 0.2) is 48.5 Å². The van der Waals surface area contributed by atoms with Crippen LogP contribution < -0.4 is 9.80 Å². The molecule has 0 N–H and O–H groups in total. The fourth-order valence-corrected chi connectivity index (χ4v) is 5.40. The topological polar surface area (TPSA) is 64.2 Å². The number of hydrogen-bond donors (Lipinski definition) is 0. The van der Waals surface area contributed by atoms with E-state index in [9.17, 15) is 14.4 Å². The number of hydrogen-bond acceptors (Lipinski definition) is 4. The van der Waals surface area contributed by atoms with Crippen LogP contribution in [0.3, 0.4) is 0 Å². The van der Waals surface area contributed by atoms with Gasteiger partial charge in [-0.3, -0.25) is 19.3 Å². The van der Waals surface area contributed by atoms with Gasteiger partial charge in [-0.2, -0.15) is 0 Å². The summed E-state index contributed by atoms with van der Waals surface area (Å²) >= 11 is 5.98. The molecule has 5 rings (SSSR count). The third-order valence-corrected chi connectivity index (χ3v) is 7.37. The number of halogens is 1. The van der Waals surface area contributed by atoms with Gasteiger partial charge in [0.15, 0.2) is 0 Å². The van der Waals surface area contributed by atoms with Crippen molar-refractivity contribution in [2.75, 3.05) is 42.5 Å². The SMILES string of the molecule is CC12CCC(=O)N1c1ccccc1C(=O)N2CCC(=O)N1CCN(c2ccc(Cl)cc2)CC1. The molecule has 0 aromatic heterocycles. The minimum absolute atomic E-state index is 0.0205. The van der Waals surface area contributed by atoms with Gasteiger partial charge >= 0.3 is 0 Å². The van der Waals surface area contributed by atoms with E-state index in [-0.39, 0.29) is 24.1 Å². The predicted octanol–water partition coefficient (Wildman–Crippen LogP) is 3.38. The lowest BCUT2D eigenvalue weighted by molar-refractivity contribution is -0.131. The minimum atomic E-state index is -0.726. The van der Waals surface area contributed by atoms with E-state index in [2.05, 4.69) is 4.90 Å². The van der Waals surface area contributed by atoms with E-state index in [1.54, 1.807) is 15.9 Å². The van der Waals surface area contributed by atoms with E-state index in [1.807, 2.05) is 54.3 Å². The average Bonchev–Trinajstić information content (AvgIpc) is 3.14. The Kier molecular flexibility index (Phi) is 5.52. The molecule has 0 spiro atoms. The Balaban J connectivity index is 1.25. The second-order valence-corrected chi connectivity index (χ2v) is 9.45. The van der Waals surface area contributed by atoms with Crippen molar-refractivity contribution in [2.45, 2.75) is 31.8 Å². The molecule has 3 aliphatic heterocycles. The maximum absolute atomic E-state index is 13.3. The highest BCUT2D eigenvalue weighted by molar-refractivity contribution is 6.30. The lowest BCUT2D eigenvalue weighted by Gasteiger charge is -2.48. The van der Waals surface area contributed by atoms with Crippen LogP contribution in [0, 0.1) is 0 Å². The summed E-state index contributed by atoms with van der Waals surface area (Å²) in [6.07, 6.45) is 1.21. The monoisotopic (exact) mass is 466 g/mol. The van der Waals surface area contributed by atoms with Crippen LogP contribution >= 0.6 is 11.6 Å². The van der Waals surface area contributed by atoms with E-state index >= 15 is 0 Å². The number of amides is 3. The van der Waals surface area contributed by atoms with Crippen molar-refractivity contribution in [1.82, 2.24) is 9.80 Å². The number of carbonyl (C=O) groups is 3. The second-order valence-electron chi connectivity index (χ2n) is 9.01. The summed E-state index contributed by atoms with van der Waals surface area (Å²) in [7, 11) is 0. The maximum atomic E-state index is 13.3. The van der Waals surface area contributed by atoms with E-state index in [0.29, 0.717) is 48.7 Å². The highest BCUT2D eigenvalue weighted by atomic mass is 35.5. The second kappa shape index (κ2) is 8.37. The number of nitrogens with zero attached hydrogens (tertiary/aromatic N) is 4. The molecule has 2 aromatic carbocycles. The van der Waals surface area contributed by atoms with Crippen LogP contribution in [0.4, 0.5) is 11.4 Å². The molecule has 0 saturated carbocycles. The van der Waals surface area contributed by atoms with Crippen LogP contribution in [0.25, 0.3) is 0 Å². The number of carbonyl (C=O) groups excluding carboxylic acids is 3. The summed E-state index contributed by atoms with van der Waals surface area (Å²) in [5, 5.41) is 0.707. The van der Waals surface area contributed by atoms with E-state index < -0.39 is 5.66 Å². The average molecular weight is 467 g/mol. The molecule has 1 atom stereocenters. The van der Waals surface area contributed by atoms with Crippen LogP contribution in [0.1, 0.15) is 36.5 Å². The molecule has 33 heavy (non-hydrogen) atoms. The molecule has 0 aliphatic carbocycles. The number of anilines is 2. The molecule has 3 heterocycles. The molecular formula is C25H27ClN4O3. The van der Waals surface area contributed by atoms with Gasteiger partial charge in [0.1, 0.15) is 5.66 Å². The molecule has 2 fully saturated rings. The summed E-state index contributed by atoms with van der Waals surface area (Å²) in [5.74, 6) is -0.0524. The first-order chi connectivity index (χ1) is 15.9. The third kappa shape index (κ3) is 3.74. The standard InChI is InChI=1S/C25H27ClN4O3/c1-25-12-10-23(32)30(25)21-5-3-2-4-20(21)24(33)29(25)13-11-22(31)28-16-14-27(15-17-28)19-8-6-18(26)7-9-19/h2-9H,10-17H2,1H3. The van der Waals surface area contributed by atoms with Crippen LogP contribution in [0.5, 0.6) is 0 Å². The fraction of sp³-hybridized carbons (Fsp3) is 0.400. The van der Waals surface area contributed by atoms with Gasteiger partial charge in [0.2, 0.25) is 11.8 Å². The lowest BCUT2D eigenvalue weighted by atomic mass is 9.98. The van der Waals surface area contributed by atoms with Crippen LogP contribution in [-0.2, 0) is 9.59 Å². The van der Waals surface area contributed by atoms with Gasteiger partial charge in [0.25, 0.3) is 5.91 Å². The quantitative estimate of drug-likeness (QED) is 0.693. The van der Waals surface area contributed by atoms with Crippen molar-refractivity contribution in [3.63, 3.8) is 0 Å². The highest BCUT2D eigenvalue weighted by Gasteiger charge is 2.52. The molecule has 2 saturated heterocycles. The summed E-state index contributed by atoms with van der Waals surface area (Å²) in [6, 6.07) is 15.0. The van der Waals surface area contributed by atoms with Gasteiger partial charge in [-0.05, 0) is 49.7 Å². The lowest BCUT2D eigenvalue weighted by Crippen LogP contribution is -2.62. The van der Waals surface area contributed by atoms with Crippen molar-refractivity contribution in [2.24, 2.45) is 0 Å². The van der Waals surface area contributed by atoms with Crippen molar-refractivity contribution >= 4 is 40.7 Å². The van der Waals surface area contributed by atoms with E-state index in [4.69, 9.17) is 11.6 Å². The maximum Gasteiger partial charge on any atom is 0.257 e. The molecule has 0 bridgehead atoms. The molecule has 1 unspecified atom stereocenters. The smallest absolute Gasteiger partial charge is 0.257 e. The fourth-order valence-electron chi connectivity index (χ4n) is 5.27. The van der Waals surface area contributed by atoms with Gasteiger partial charge < -0.3 is 14.7 Å². The predicted molar refractivity (Wildman–Crippen MR) is 127 cm³/mol. The Morgan fingerprint density at radius 3 is 2.42 bits per heavy atom. The number of fused-ring (bicyclic) bond motifs is 3. The molecule has 7 nitrogen and oxygen atoms in total. The Hall–Kier alpha value is -3.06. The third-order valence-electron chi connectivity index (χ3n) is 7.12. The Bertz CT molecular complexity index is 1100. The highest BCUT2D eigenvalue weighted by Crippen LogP contribution is 2.44. The summed E-state index contributed by atoms with van der Waals surface area (Å²) in [5.41, 5.74) is 1.57. The van der Waals surface area contributed by atoms with Gasteiger partial charge in [-0.15, -0.1) is 0 Å². The molecular weight excluding hydrogens is 440 g/mol. The zero-order chi connectivity index (χ0) is 23.2. The molecule has 0 radical (unpaired) electrons. The van der Waals surface area contributed by atoms with Crippen molar-refractivity contribution in [3.8, 4) is 0 Å². The molecule has 8 heteroatoms. The van der Waals surface area contributed by atoms with Gasteiger partial charge in [0.05, 0.1) is 11.3 Å². The van der Waals surface area contributed by atoms with E-state index in [1.165, 1.54) is 0 Å². The van der Waals surface area contributed by atoms with Crippen molar-refractivity contribution in [3.05, 3.63) is 59.1 Å². The van der Waals surface area contributed by atoms with Crippen molar-refractivity contribution in [1.29, 1.82) is 0 Å². The summed E-state index contributed by atoms with van der Waals surface area (Å²) < 4.78 is 0. The number of benzene rings is 2. The Morgan fingerprint density at radius 2 is 1.70 bits per heavy atom. The minimum Gasteiger partial charge on any atom is -0.368 e. The summed E-state index contributed by atoms with van der Waals surface area (Å²) in [6.45, 7) is 5.01. The van der Waals surface area contributed by atoms with Gasteiger partial charge in [0, 0.05) is 56.3 Å². The first-order valence-electron chi connectivity index (χ1n) is 11.4. The largest absolute Gasteiger partial charge is 0.368 e. The summed E-state index contributed by atoms with van der Waals surface area (Å²) in [4.78, 5) is 46.6. The van der Waals surface area contributed by atoms with Crippen molar-refractivity contribution < 1.29 is 14.4 Å². The first-order valence-corrected chi connectivity index (χ1v) is 11.8. The molecule has 2 aromatic rings. The molecule has 172 valence electrons. The van der Waals surface area contributed by atoms with Gasteiger partial charge in [-0.1, -0.05) is 23.7 Å². The first kappa shape index (κ1) is 21.8. The zero-order valence-electron chi connectivity index (χ0n) is 18.7. The van der Waals surface area contributed by atoms with Crippen LogP contribution in [0.2, 0.25) is 5.02 Å².